The lowest BCUT2D eigenvalue weighted by molar-refractivity contribution is 0.0989. The van der Waals surface area contributed by atoms with Crippen molar-refractivity contribution in [2.24, 2.45) is 0 Å². The third kappa shape index (κ3) is 3.97. The van der Waals surface area contributed by atoms with E-state index >= 15 is 0 Å². The standard InChI is InChI=1S/C25H17FN8O/c26-24-17-13-30-34-18(17)3-4-19(24)32-23-6-7-27-25(33-23)16-2-1-15-10-21(31-20(15)11-16)22(35)9-14-5-8-28-29-12-14/h1-8,10-13,31H,9H2,(H,30,34)(H,27,32,33). The minimum absolute atomic E-state index is 0.0465. The molecule has 0 amide bonds. The van der Waals surface area contributed by atoms with Crippen molar-refractivity contribution in [3.8, 4) is 11.4 Å². The third-order valence-corrected chi connectivity index (χ3v) is 5.67. The van der Waals surface area contributed by atoms with Crippen molar-refractivity contribution >= 4 is 39.1 Å². The van der Waals surface area contributed by atoms with E-state index in [-0.39, 0.29) is 17.9 Å². The number of halogens is 1. The molecule has 0 aliphatic carbocycles. The molecule has 0 aliphatic heterocycles. The zero-order chi connectivity index (χ0) is 23.8. The summed E-state index contributed by atoms with van der Waals surface area (Å²) in [5.41, 5.74) is 3.76. The lowest BCUT2D eigenvalue weighted by Crippen LogP contribution is -2.04. The number of benzene rings is 2. The van der Waals surface area contributed by atoms with Gasteiger partial charge in [0.1, 0.15) is 5.82 Å². The Labute approximate surface area is 197 Å². The Morgan fingerprint density at radius 3 is 2.80 bits per heavy atom. The number of carbonyl (C=O) groups is 1. The highest BCUT2D eigenvalue weighted by atomic mass is 19.1. The number of Topliss-reactive ketones (excluding diaryl/α,β-unsaturated/α-hetero) is 1. The minimum atomic E-state index is -0.413. The van der Waals surface area contributed by atoms with E-state index in [9.17, 15) is 9.18 Å². The predicted octanol–water partition coefficient (Wildman–Crippen LogP) is 4.60. The van der Waals surface area contributed by atoms with Crippen LogP contribution in [-0.4, -0.2) is 41.1 Å². The van der Waals surface area contributed by atoms with E-state index in [2.05, 4.69) is 40.7 Å². The van der Waals surface area contributed by atoms with Crippen LogP contribution in [0.4, 0.5) is 15.9 Å². The van der Waals surface area contributed by atoms with Crippen molar-refractivity contribution in [2.45, 2.75) is 6.42 Å². The highest BCUT2D eigenvalue weighted by molar-refractivity contribution is 6.01. The van der Waals surface area contributed by atoms with Crippen molar-refractivity contribution in [1.29, 1.82) is 0 Å². The number of anilines is 2. The molecule has 0 fully saturated rings. The Kier molecular flexibility index (Phi) is 4.95. The molecule has 35 heavy (non-hydrogen) atoms. The molecule has 0 aliphatic rings. The molecule has 2 aromatic carbocycles. The molecule has 6 aromatic rings. The van der Waals surface area contributed by atoms with Crippen LogP contribution in [0.3, 0.4) is 0 Å². The Balaban J connectivity index is 1.27. The van der Waals surface area contributed by atoms with Crippen LogP contribution in [0.25, 0.3) is 33.2 Å². The van der Waals surface area contributed by atoms with Gasteiger partial charge in [0, 0.05) is 35.3 Å². The summed E-state index contributed by atoms with van der Waals surface area (Å²) in [4.78, 5) is 24.8. The van der Waals surface area contributed by atoms with Gasteiger partial charge < -0.3 is 10.3 Å². The van der Waals surface area contributed by atoms with Crippen molar-refractivity contribution in [1.82, 2.24) is 35.3 Å². The predicted molar refractivity (Wildman–Crippen MR) is 129 cm³/mol. The van der Waals surface area contributed by atoms with Gasteiger partial charge in [-0.3, -0.25) is 9.89 Å². The molecular formula is C25H17FN8O. The zero-order valence-electron chi connectivity index (χ0n) is 18.2. The monoisotopic (exact) mass is 464 g/mol. The fraction of sp³-hybridized carbons (Fsp3) is 0.0400. The summed E-state index contributed by atoms with van der Waals surface area (Å²) in [5, 5.41) is 18.5. The van der Waals surface area contributed by atoms with Crippen LogP contribution in [0.15, 0.2) is 73.3 Å². The number of aromatic amines is 2. The maximum atomic E-state index is 14.8. The number of hydrogen-bond donors (Lipinski definition) is 3. The SMILES string of the molecule is O=C(Cc1ccnnc1)c1cc2ccc(-c3nccc(Nc4ccc5[nH]ncc5c4F)n3)cc2[nH]1. The van der Waals surface area contributed by atoms with Crippen molar-refractivity contribution in [3.63, 3.8) is 0 Å². The first-order chi connectivity index (χ1) is 17.1. The van der Waals surface area contributed by atoms with Gasteiger partial charge >= 0.3 is 0 Å². The molecule has 0 radical (unpaired) electrons. The van der Waals surface area contributed by atoms with Gasteiger partial charge in [-0.05, 0) is 42.0 Å². The van der Waals surface area contributed by atoms with Gasteiger partial charge in [0.15, 0.2) is 17.4 Å². The second-order valence-corrected chi connectivity index (χ2v) is 7.98. The lowest BCUT2D eigenvalue weighted by Gasteiger charge is -2.08. The van der Waals surface area contributed by atoms with Crippen LogP contribution in [0, 0.1) is 5.82 Å². The number of H-pyrrole nitrogens is 2. The highest BCUT2D eigenvalue weighted by Gasteiger charge is 2.13. The Hall–Kier alpha value is -4.99. The quantitative estimate of drug-likeness (QED) is 0.308. The smallest absolute Gasteiger partial charge is 0.183 e. The van der Waals surface area contributed by atoms with Crippen LogP contribution in [0.5, 0.6) is 0 Å². The number of aromatic nitrogens is 7. The number of ketones is 1. The maximum Gasteiger partial charge on any atom is 0.183 e. The molecule has 3 N–H and O–H groups in total. The summed E-state index contributed by atoms with van der Waals surface area (Å²) >= 11 is 0. The van der Waals surface area contributed by atoms with E-state index in [0.717, 1.165) is 22.0 Å². The van der Waals surface area contributed by atoms with Crippen LogP contribution in [0.1, 0.15) is 16.1 Å². The van der Waals surface area contributed by atoms with Gasteiger partial charge in [-0.25, -0.2) is 14.4 Å². The molecule has 0 unspecified atom stereocenters. The summed E-state index contributed by atoms with van der Waals surface area (Å²) in [6.07, 6.45) is 6.42. The normalized spacial score (nSPS) is 11.2. The molecule has 10 heteroatoms. The van der Waals surface area contributed by atoms with Crippen molar-refractivity contribution in [2.75, 3.05) is 5.32 Å². The molecule has 0 saturated heterocycles. The van der Waals surface area contributed by atoms with E-state index in [1.165, 1.54) is 6.20 Å². The fourth-order valence-electron chi connectivity index (χ4n) is 3.90. The number of fused-ring (bicyclic) bond motifs is 2. The topological polar surface area (TPSA) is 125 Å². The average molecular weight is 464 g/mol. The summed E-state index contributed by atoms with van der Waals surface area (Å²) in [6.45, 7) is 0. The zero-order valence-corrected chi connectivity index (χ0v) is 18.2. The first kappa shape index (κ1) is 20.6. The molecule has 6 rings (SSSR count). The number of nitrogens with one attached hydrogen (secondary N) is 3. The second kappa shape index (κ2) is 8.41. The van der Waals surface area contributed by atoms with Crippen LogP contribution < -0.4 is 5.32 Å². The van der Waals surface area contributed by atoms with Crippen molar-refractivity contribution < 1.29 is 9.18 Å². The summed E-state index contributed by atoms with van der Waals surface area (Å²) < 4.78 is 14.8. The molecule has 0 saturated carbocycles. The van der Waals surface area contributed by atoms with Gasteiger partial charge in [-0.2, -0.15) is 15.3 Å². The van der Waals surface area contributed by atoms with Crippen LogP contribution >= 0.6 is 0 Å². The Morgan fingerprint density at radius 2 is 1.91 bits per heavy atom. The number of nitrogens with zero attached hydrogens (tertiary/aromatic N) is 5. The van der Waals surface area contributed by atoms with E-state index in [4.69, 9.17) is 0 Å². The van der Waals surface area contributed by atoms with E-state index in [1.807, 2.05) is 24.3 Å². The Morgan fingerprint density at radius 1 is 0.971 bits per heavy atom. The molecule has 4 heterocycles. The first-order valence-corrected chi connectivity index (χ1v) is 10.8. The van der Waals surface area contributed by atoms with Gasteiger partial charge in [0.25, 0.3) is 0 Å². The van der Waals surface area contributed by atoms with Gasteiger partial charge in [-0.15, -0.1) is 0 Å². The minimum Gasteiger partial charge on any atom is -0.352 e. The molecule has 0 atom stereocenters. The summed E-state index contributed by atoms with van der Waals surface area (Å²) in [6, 6.07) is 14.3. The molecule has 0 bridgehead atoms. The number of rotatable bonds is 6. The van der Waals surface area contributed by atoms with E-state index < -0.39 is 5.82 Å². The molecular weight excluding hydrogens is 447 g/mol. The summed E-state index contributed by atoms with van der Waals surface area (Å²) in [5.74, 6) is 0.455. The van der Waals surface area contributed by atoms with Gasteiger partial charge in [0.2, 0.25) is 0 Å². The van der Waals surface area contributed by atoms with Crippen molar-refractivity contribution in [3.05, 3.63) is 90.4 Å². The average Bonchev–Trinajstić information content (AvgIpc) is 3.54. The third-order valence-electron chi connectivity index (χ3n) is 5.67. The Bertz CT molecular complexity index is 1690. The van der Waals surface area contributed by atoms with Gasteiger partial charge in [0.05, 0.1) is 34.7 Å². The van der Waals surface area contributed by atoms with Gasteiger partial charge in [-0.1, -0.05) is 12.1 Å². The van der Waals surface area contributed by atoms with E-state index in [0.29, 0.717) is 28.2 Å². The molecule has 9 nitrogen and oxygen atoms in total. The maximum absolute atomic E-state index is 14.8. The summed E-state index contributed by atoms with van der Waals surface area (Å²) in [7, 11) is 0. The molecule has 4 aromatic heterocycles. The lowest BCUT2D eigenvalue weighted by atomic mass is 10.1. The second-order valence-electron chi connectivity index (χ2n) is 7.98. The van der Waals surface area contributed by atoms with Crippen LogP contribution in [0.2, 0.25) is 0 Å². The molecule has 0 spiro atoms. The highest BCUT2D eigenvalue weighted by Crippen LogP contribution is 2.27. The largest absolute Gasteiger partial charge is 0.352 e. The fourth-order valence-corrected chi connectivity index (χ4v) is 3.90. The number of hydrogen-bond acceptors (Lipinski definition) is 7. The van der Waals surface area contributed by atoms with E-state index in [1.54, 1.807) is 42.9 Å². The number of carbonyl (C=O) groups excluding carboxylic acids is 1. The first-order valence-electron chi connectivity index (χ1n) is 10.8. The molecule has 170 valence electrons. The van der Waals surface area contributed by atoms with Crippen LogP contribution in [-0.2, 0) is 6.42 Å².